The smallest absolute Gasteiger partial charge is 0.237 e. The first-order valence-electron chi connectivity index (χ1n) is 6.49. The highest BCUT2D eigenvalue weighted by atomic mass is 32.1. The molecule has 0 bridgehead atoms. The van der Waals surface area contributed by atoms with Crippen LogP contribution in [0.1, 0.15) is 48.6 Å². The minimum absolute atomic E-state index is 0.0255. The van der Waals surface area contributed by atoms with Gasteiger partial charge in [-0.25, -0.2) is 0 Å². The van der Waals surface area contributed by atoms with E-state index in [1.165, 1.54) is 15.3 Å². The summed E-state index contributed by atoms with van der Waals surface area (Å²) in [6, 6.07) is 1.75. The van der Waals surface area contributed by atoms with Gasteiger partial charge >= 0.3 is 0 Å². The van der Waals surface area contributed by atoms with Crippen LogP contribution in [0.15, 0.2) is 6.07 Å². The number of aryl methyl sites for hydroxylation is 2. The van der Waals surface area contributed by atoms with E-state index in [0.29, 0.717) is 0 Å². The van der Waals surface area contributed by atoms with E-state index in [2.05, 4.69) is 25.2 Å². The zero-order chi connectivity index (χ0) is 13.9. The van der Waals surface area contributed by atoms with E-state index in [0.717, 1.165) is 6.42 Å². The minimum atomic E-state index is -0.419. The number of carbonyl (C=O) groups excluding carboxylic acids is 1. The second-order valence-electron chi connectivity index (χ2n) is 5.01. The van der Waals surface area contributed by atoms with E-state index in [4.69, 9.17) is 5.73 Å². The molecule has 3 N–H and O–H groups in total. The number of nitrogens with one attached hydrogen (secondary N) is 1. The van der Waals surface area contributed by atoms with Gasteiger partial charge in [0.05, 0.1) is 12.1 Å². The third-order valence-corrected chi connectivity index (χ3v) is 4.45. The molecule has 0 fully saturated rings. The van der Waals surface area contributed by atoms with Crippen molar-refractivity contribution >= 4 is 17.2 Å². The van der Waals surface area contributed by atoms with Crippen LogP contribution in [0.4, 0.5) is 0 Å². The van der Waals surface area contributed by atoms with Crippen LogP contribution in [0, 0.1) is 19.8 Å². The van der Waals surface area contributed by atoms with Crippen molar-refractivity contribution < 1.29 is 4.79 Å². The first-order valence-corrected chi connectivity index (χ1v) is 7.31. The topological polar surface area (TPSA) is 55.1 Å². The number of thiophene rings is 1. The van der Waals surface area contributed by atoms with E-state index in [1.54, 1.807) is 11.3 Å². The summed E-state index contributed by atoms with van der Waals surface area (Å²) in [6.45, 7) is 10.2. The third-order valence-electron chi connectivity index (χ3n) is 3.46. The van der Waals surface area contributed by atoms with Crippen LogP contribution in [0.3, 0.4) is 0 Å². The maximum Gasteiger partial charge on any atom is 0.237 e. The van der Waals surface area contributed by atoms with E-state index >= 15 is 0 Å². The Morgan fingerprint density at radius 2 is 2.06 bits per heavy atom. The molecule has 0 spiro atoms. The van der Waals surface area contributed by atoms with Crippen LogP contribution in [-0.2, 0) is 4.79 Å². The third kappa shape index (κ3) is 3.56. The number of hydrogen-bond acceptors (Lipinski definition) is 3. The van der Waals surface area contributed by atoms with E-state index in [1.807, 2.05) is 20.8 Å². The minimum Gasteiger partial charge on any atom is -0.348 e. The lowest BCUT2D eigenvalue weighted by Gasteiger charge is -2.21. The van der Waals surface area contributed by atoms with Crippen molar-refractivity contribution in [1.29, 1.82) is 0 Å². The van der Waals surface area contributed by atoms with Crippen LogP contribution in [0.5, 0.6) is 0 Å². The Morgan fingerprint density at radius 1 is 1.44 bits per heavy atom. The maximum atomic E-state index is 12.0. The summed E-state index contributed by atoms with van der Waals surface area (Å²) < 4.78 is 0. The maximum absolute atomic E-state index is 12.0. The number of nitrogens with two attached hydrogens (primary N) is 1. The molecule has 0 saturated carbocycles. The number of hydrogen-bond donors (Lipinski definition) is 2. The summed E-state index contributed by atoms with van der Waals surface area (Å²) >= 11 is 1.76. The van der Waals surface area contributed by atoms with Gasteiger partial charge in [0.1, 0.15) is 0 Å². The van der Waals surface area contributed by atoms with E-state index in [9.17, 15) is 4.79 Å². The molecule has 18 heavy (non-hydrogen) atoms. The van der Waals surface area contributed by atoms with Crippen LogP contribution < -0.4 is 11.1 Å². The fourth-order valence-electron chi connectivity index (χ4n) is 1.98. The molecule has 0 aliphatic carbocycles. The van der Waals surface area contributed by atoms with Crippen molar-refractivity contribution in [1.82, 2.24) is 5.32 Å². The molecule has 0 aliphatic rings. The van der Waals surface area contributed by atoms with Gasteiger partial charge in [0.2, 0.25) is 5.91 Å². The van der Waals surface area contributed by atoms with Crippen molar-refractivity contribution in [3.8, 4) is 0 Å². The second kappa shape index (κ2) is 6.34. The van der Waals surface area contributed by atoms with E-state index < -0.39 is 6.04 Å². The Labute approximate surface area is 114 Å². The summed E-state index contributed by atoms with van der Waals surface area (Å²) in [5.41, 5.74) is 7.13. The van der Waals surface area contributed by atoms with Crippen molar-refractivity contribution in [3.05, 3.63) is 21.4 Å². The predicted molar refractivity (Wildman–Crippen MR) is 77.8 cm³/mol. The molecule has 0 aliphatic heterocycles. The SMILES string of the molecule is CC[C@H](C)[C@H](N)C(=O)NC(C)c1cc(C)sc1C. The lowest BCUT2D eigenvalue weighted by molar-refractivity contribution is -0.124. The molecule has 1 amide bonds. The Bertz CT molecular complexity index is 414. The normalized spacial score (nSPS) is 16.1. The zero-order valence-corrected chi connectivity index (χ0v) is 12.7. The van der Waals surface area contributed by atoms with Crippen LogP contribution in [0.2, 0.25) is 0 Å². The van der Waals surface area contributed by atoms with Crippen LogP contribution >= 0.6 is 11.3 Å². The van der Waals surface area contributed by atoms with Crippen molar-refractivity contribution in [2.75, 3.05) is 0 Å². The summed E-state index contributed by atoms with van der Waals surface area (Å²) in [5, 5.41) is 3.01. The van der Waals surface area contributed by atoms with Gasteiger partial charge in [-0.2, -0.15) is 0 Å². The van der Waals surface area contributed by atoms with Gasteiger partial charge in [0.25, 0.3) is 0 Å². The molecular weight excluding hydrogens is 244 g/mol. The van der Waals surface area contributed by atoms with Gasteiger partial charge in [0.15, 0.2) is 0 Å². The average molecular weight is 268 g/mol. The fourth-order valence-corrected chi connectivity index (χ4v) is 3.00. The Hall–Kier alpha value is -0.870. The van der Waals surface area contributed by atoms with Gasteiger partial charge in [-0.05, 0) is 38.3 Å². The van der Waals surface area contributed by atoms with Gasteiger partial charge in [0, 0.05) is 9.75 Å². The highest BCUT2D eigenvalue weighted by Crippen LogP contribution is 2.26. The van der Waals surface area contributed by atoms with Crippen LogP contribution in [0.25, 0.3) is 0 Å². The molecule has 3 atom stereocenters. The zero-order valence-electron chi connectivity index (χ0n) is 11.9. The van der Waals surface area contributed by atoms with Crippen LogP contribution in [-0.4, -0.2) is 11.9 Å². The van der Waals surface area contributed by atoms with Crippen molar-refractivity contribution in [3.63, 3.8) is 0 Å². The molecule has 1 aromatic rings. The highest BCUT2D eigenvalue weighted by molar-refractivity contribution is 7.12. The Kier molecular flexibility index (Phi) is 5.35. The number of rotatable bonds is 5. The quantitative estimate of drug-likeness (QED) is 0.862. The molecule has 0 saturated heterocycles. The van der Waals surface area contributed by atoms with Gasteiger partial charge in [-0.1, -0.05) is 20.3 Å². The fraction of sp³-hybridized carbons (Fsp3) is 0.643. The second-order valence-corrected chi connectivity index (χ2v) is 6.47. The number of carbonyl (C=O) groups is 1. The standard InChI is InChI=1S/C14H24N2OS/c1-6-8(2)13(15)14(17)16-10(4)12-7-9(3)18-11(12)5/h7-8,10,13H,6,15H2,1-5H3,(H,16,17)/t8-,10?,13-/m0/s1. The number of amides is 1. The van der Waals surface area contributed by atoms with E-state index in [-0.39, 0.29) is 17.9 Å². The van der Waals surface area contributed by atoms with Gasteiger partial charge < -0.3 is 11.1 Å². The molecule has 102 valence electrons. The Balaban J connectivity index is 2.67. The summed E-state index contributed by atoms with van der Waals surface area (Å²) in [5.74, 6) is 0.155. The molecule has 1 heterocycles. The average Bonchev–Trinajstić information content (AvgIpc) is 2.66. The predicted octanol–water partition coefficient (Wildman–Crippen LogP) is 2.92. The lowest BCUT2D eigenvalue weighted by Crippen LogP contribution is -2.45. The summed E-state index contributed by atoms with van der Waals surface area (Å²) in [7, 11) is 0. The first kappa shape index (κ1) is 15.2. The molecule has 1 unspecified atom stereocenters. The largest absolute Gasteiger partial charge is 0.348 e. The molecule has 4 heteroatoms. The Morgan fingerprint density at radius 3 is 2.50 bits per heavy atom. The molecule has 0 aromatic carbocycles. The monoisotopic (exact) mass is 268 g/mol. The van der Waals surface area contributed by atoms with Crippen molar-refractivity contribution in [2.24, 2.45) is 11.7 Å². The summed E-state index contributed by atoms with van der Waals surface area (Å²) in [6.07, 6.45) is 0.916. The lowest BCUT2D eigenvalue weighted by atomic mass is 9.99. The molecule has 1 rings (SSSR count). The van der Waals surface area contributed by atoms with Gasteiger partial charge in [-0.15, -0.1) is 11.3 Å². The van der Waals surface area contributed by atoms with Crippen molar-refractivity contribution in [2.45, 2.75) is 53.1 Å². The summed E-state index contributed by atoms with van der Waals surface area (Å²) in [4.78, 5) is 14.5. The first-order chi connectivity index (χ1) is 8.36. The molecule has 0 radical (unpaired) electrons. The van der Waals surface area contributed by atoms with Gasteiger partial charge in [-0.3, -0.25) is 4.79 Å². The molecule has 3 nitrogen and oxygen atoms in total. The molecule has 1 aromatic heterocycles. The highest BCUT2D eigenvalue weighted by Gasteiger charge is 2.22. The molecular formula is C14H24N2OS.